The van der Waals surface area contributed by atoms with E-state index in [9.17, 15) is 0 Å². The highest BCUT2D eigenvalue weighted by atomic mass is 15.4. The zero-order chi connectivity index (χ0) is 27.8. The predicted octanol–water partition coefficient (Wildman–Crippen LogP) is 8.32. The van der Waals surface area contributed by atoms with E-state index >= 15 is 0 Å². The summed E-state index contributed by atoms with van der Waals surface area (Å²) in [6, 6.07) is 37.7. The number of benzene rings is 4. The van der Waals surface area contributed by atoms with Crippen LogP contribution in [0.4, 0.5) is 22.9 Å². The normalized spacial score (nSPS) is 15.4. The average Bonchev–Trinajstić information content (AvgIpc) is 3.36. The maximum absolute atomic E-state index is 5.32. The molecule has 0 radical (unpaired) electrons. The minimum Gasteiger partial charge on any atom is -0.337 e. The molecule has 0 unspecified atom stereocenters. The SMILES string of the molecule is CCCCc1ccc(NC2=Nc3ccccc3N3C2=Nc2c(c(C)nn2-c2ccccc2)[C@H]3c2ccccc2)cc1. The van der Waals surface area contributed by atoms with Crippen molar-refractivity contribution in [3.8, 4) is 5.69 Å². The first-order valence-electron chi connectivity index (χ1n) is 14.3. The van der Waals surface area contributed by atoms with Gasteiger partial charge < -0.3 is 10.2 Å². The summed E-state index contributed by atoms with van der Waals surface area (Å²) in [5.41, 5.74) is 8.48. The van der Waals surface area contributed by atoms with Crippen molar-refractivity contribution in [1.29, 1.82) is 0 Å². The first kappa shape index (κ1) is 25.0. The van der Waals surface area contributed by atoms with Gasteiger partial charge in [0, 0.05) is 11.3 Å². The Hall–Kier alpha value is -4.97. The number of nitrogens with zero attached hydrogens (tertiary/aromatic N) is 5. The van der Waals surface area contributed by atoms with Crippen molar-refractivity contribution in [2.24, 2.45) is 9.98 Å². The van der Waals surface area contributed by atoms with E-state index in [1.807, 2.05) is 28.9 Å². The van der Waals surface area contributed by atoms with E-state index in [1.165, 1.54) is 24.0 Å². The largest absolute Gasteiger partial charge is 0.337 e. The van der Waals surface area contributed by atoms with E-state index in [-0.39, 0.29) is 6.04 Å². The molecule has 0 saturated carbocycles. The van der Waals surface area contributed by atoms with Crippen LogP contribution in [0.25, 0.3) is 5.69 Å². The number of hydrogen-bond acceptors (Lipinski definition) is 5. The smallest absolute Gasteiger partial charge is 0.179 e. The second-order valence-electron chi connectivity index (χ2n) is 10.6. The van der Waals surface area contributed by atoms with Crippen molar-refractivity contribution < 1.29 is 0 Å². The van der Waals surface area contributed by atoms with E-state index in [2.05, 4.69) is 109 Å². The Kier molecular flexibility index (Phi) is 6.44. The number of amidine groups is 2. The number of hydrogen-bond donors (Lipinski definition) is 1. The Balaban J connectivity index is 1.41. The lowest BCUT2D eigenvalue weighted by atomic mass is 9.93. The molecule has 6 heteroatoms. The van der Waals surface area contributed by atoms with Gasteiger partial charge in [-0.25, -0.2) is 14.7 Å². The van der Waals surface area contributed by atoms with Gasteiger partial charge in [0.2, 0.25) is 0 Å². The van der Waals surface area contributed by atoms with Crippen LogP contribution >= 0.6 is 0 Å². The summed E-state index contributed by atoms with van der Waals surface area (Å²) in [5.74, 6) is 2.32. The quantitative estimate of drug-likeness (QED) is 0.237. The van der Waals surface area contributed by atoms with E-state index in [1.54, 1.807) is 0 Å². The maximum Gasteiger partial charge on any atom is 0.179 e. The third-order valence-electron chi connectivity index (χ3n) is 7.79. The molecule has 0 spiro atoms. The molecule has 4 aromatic carbocycles. The van der Waals surface area contributed by atoms with Gasteiger partial charge in [0.05, 0.1) is 28.8 Å². The molecule has 0 fully saturated rings. The second kappa shape index (κ2) is 10.5. The highest BCUT2D eigenvalue weighted by Gasteiger charge is 2.41. The van der Waals surface area contributed by atoms with Gasteiger partial charge in [-0.1, -0.05) is 86.1 Å². The molecule has 5 aromatic rings. The molecule has 7 rings (SSSR count). The predicted molar refractivity (Wildman–Crippen MR) is 168 cm³/mol. The molecule has 6 nitrogen and oxygen atoms in total. The minimum atomic E-state index is -0.124. The molecule has 41 heavy (non-hydrogen) atoms. The standard InChI is InChI=1S/C35H32N6/c1-3-4-13-25-20-22-27(23-21-25)36-33-35-38-34-31(24(2)39-41(34)28-16-9-6-10-17-28)32(26-14-7-5-8-15-26)40(35)30-19-12-11-18-29(30)37-33/h5-12,14-23,32H,3-4,13H2,1-2H3,(H,36,37)/t32-/m1/s1. The van der Waals surface area contributed by atoms with Gasteiger partial charge in [-0.3, -0.25) is 0 Å². The molecule has 1 atom stereocenters. The number of aromatic nitrogens is 2. The average molecular weight is 537 g/mol. The first-order valence-corrected chi connectivity index (χ1v) is 14.3. The van der Waals surface area contributed by atoms with Crippen LogP contribution in [0.3, 0.4) is 0 Å². The number of rotatable bonds is 6. The fourth-order valence-electron chi connectivity index (χ4n) is 5.77. The molecule has 2 aliphatic rings. The number of nitrogens with one attached hydrogen (secondary N) is 1. The Labute approximate surface area is 240 Å². The molecule has 0 saturated heterocycles. The van der Waals surface area contributed by atoms with Crippen molar-refractivity contribution in [2.45, 2.75) is 39.2 Å². The molecule has 0 amide bonds. The molecule has 2 aliphatic heterocycles. The van der Waals surface area contributed by atoms with Crippen LogP contribution in [0.1, 0.15) is 48.2 Å². The van der Waals surface area contributed by atoms with Crippen LogP contribution in [-0.4, -0.2) is 21.5 Å². The van der Waals surface area contributed by atoms with E-state index in [0.29, 0.717) is 0 Å². The lowest BCUT2D eigenvalue weighted by molar-refractivity contribution is 0.795. The lowest BCUT2D eigenvalue weighted by Gasteiger charge is -2.40. The molecule has 3 heterocycles. The topological polar surface area (TPSA) is 57.8 Å². The van der Waals surface area contributed by atoms with Crippen molar-refractivity contribution in [2.75, 3.05) is 10.2 Å². The summed E-state index contributed by atoms with van der Waals surface area (Å²) in [4.78, 5) is 12.8. The van der Waals surface area contributed by atoms with Crippen LogP contribution in [0.2, 0.25) is 0 Å². The number of unbranched alkanes of at least 4 members (excludes halogenated alkanes) is 1. The van der Waals surface area contributed by atoms with Gasteiger partial charge in [-0.15, -0.1) is 0 Å². The molecular formula is C35H32N6. The molecule has 1 aromatic heterocycles. The van der Waals surface area contributed by atoms with Crippen molar-refractivity contribution in [1.82, 2.24) is 9.78 Å². The number of aryl methyl sites for hydroxylation is 2. The van der Waals surface area contributed by atoms with Crippen LogP contribution in [0, 0.1) is 6.92 Å². The molecule has 0 aliphatic carbocycles. The number of fused-ring (bicyclic) bond motifs is 4. The highest BCUT2D eigenvalue weighted by molar-refractivity contribution is 6.51. The summed E-state index contributed by atoms with van der Waals surface area (Å²) in [5, 5.41) is 8.64. The summed E-state index contributed by atoms with van der Waals surface area (Å²) in [6.07, 6.45) is 3.48. The van der Waals surface area contributed by atoms with Gasteiger partial charge >= 0.3 is 0 Å². The molecule has 202 valence electrons. The molecular weight excluding hydrogens is 504 g/mol. The number of aliphatic imine (C=N–C) groups is 2. The zero-order valence-electron chi connectivity index (χ0n) is 23.3. The summed E-state index contributed by atoms with van der Waals surface area (Å²) in [6.45, 7) is 4.31. The molecule has 1 N–H and O–H groups in total. The Morgan fingerprint density at radius 1 is 0.780 bits per heavy atom. The fraction of sp³-hybridized carbons (Fsp3) is 0.171. The summed E-state index contributed by atoms with van der Waals surface area (Å²) in [7, 11) is 0. The zero-order valence-corrected chi connectivity index (χ0v) is 23.3. The second-order valence-corrected chi connectivity index (χ2v) is 10.6. The summed E-state index contributed by atoms with van der Waals surface area (Å²) < 4.78 is 1.96. The van der Waals surface area contributed by atoms with Gasteiger partial charge in [0.15, 0.2) is 17.5 Å². The van der Waals surface area contributed by atoms with Crippen LogP contribution in [-0.2, 0) is 6.42 Å². The van der Waals surface area contributed by atoms with Crippen molar-refractivity contribution >= 4 is 34.6 Å². The van der Waals surface area contributed by atoms with Crippen molar-refractivity contribution in [3.05, 3.63) is 132 Å². The minimum absolute atomic E-state index is 0.124. The van der Waals surface area contributed by atoms with Crippen LogP contribution in [0.5, 0.6) is 0 Å². The molecule has 0 bridgehead atoms. The highest BCUT2D eigenvalue weighted by Crippen LogP contribution is 2.48. The number of anilines is 2. The van der Waals surface area contributed by atoms with Crippen LogP contribution < -0.4 is 10.2 Å². The Morgan fingerprint density at radius 2 is 1.49 bits per heavy atom. The monoisotopic (exact) mass is 536 g/mol. The first-order chi connectivity index (χ1) is 20.2. The third-order valence-corrected chi connectivity index (χ3v) is 7.79. The van der Waals surface area contributed by atoms with Crippen LogP contribution in [0.15, 0.2) is 119 Å². The third kappa shape index (κ3) is 4.51. The van der Waals surface area contributed by atoms with E-state index < -0.39 is 0 Å². The Bertz CT molecular complexity index is 1750. The number of para-hydroxylation sites is 3. The fourth-order valence-corrected chi connectivity index (χ4v) is 5.77. The lowest BCUT2D eigenvalue weighted by Crippen LogP contribution is -2.46. The van der Waals surface area contributed by atoms with Crippen molar-refractivity contribution in [3.63, 3.8) is 0 Å². The van der Waals surface area contributed by atoms with Gasteiger partial charge in [-0.05, 0) is 67.3 Å². The van der Waals surface area contributed by atoms with E-state index in [0.717, 1.165) is 57.9 Å². The maximum atomic E-state index is 5.32. The Morgan fingerprint density at radius 3 is 2.24 bits per heavy atom. The van der Waals surface area contributed by atoms with Gasteiger partial charge in [-0.2, -0.15) is 5.10 Å². The summed E-state index contributed by atoms with van der Waals surface area (Å²) >= 11 is 0. The van der Waals surface area contributed by atoms with Gasteiger partial charge in [0.1, 0.15) is 0 Å². The van der Waals surface area contributed by atoms with Gasteiger partial charge in [0.25, 0.3) is 0 Å². The van der Waals surface area contributed by atoms with E-state index in [4.69, 9.17) is 15.1 Å².